The van der Waals surface area contributed by atoms with Crippen molar-refractivity contribution in [2.24, 2.45) is 23.7 Å². The fraction of sp³-hybridized carbons (Fsp3) is 0.500. The molecular weight excluding hydrogens is 554 g/mol. The predicted molar refractivity (Wildman–Crippen MR) is 118 cm³/mol. The van der Waals surface area contributed by atoms with E-state index in [2.05, 4.69) is 37.2 Å². The van der Waals surface area contributed by atoms with Gasteiger partial charge in [-0.3, -0.25) is 34.2 Å². The van der Waals surface area contributed by atoms with Gasteiger partial charge in [0.15, 0.2) is 6.61 Å². The standard InChI is InChI=1S/C20H19Br2N3O7/c21-17-11-7-12(18(17)22)16-15(11)19(28)24(20(16)29)5-4-14(27)32-8-13(26)23-9-2-1-3-10(6-9)25(30)31/h1-3,6,11-12,15-18H,4-5,7-8H2,(H,23,26)/t11-,12-,15-,16-,17+,18+/m1/s1. The van der Waals surface area contributed by atoms with Crippen molar-refractivity contribution in [1.29, 1.82) is 0 Å². The molecule has 0 aromatic heterocycles. The molecule has 1 heterocycles. The van der Waals surface area contributed by atoms with Crippen molar-refractivity contribution >= 4 is 66.9 Å². The van der Waals surface area contributed by atoms with Crippen LogP contribution >= 0.6 is 31.9 Å². The molecule has 2 aliphatic carbocycles. The molecule has 170 valence electrons. The highest BCUT2D eigenvalue weighted by Crippen LogP contribution is 2.60. The normalized spacial score (nSPS) is 30.4. The van der Waals surface area contributed by atoms with Crippen LogP contribution in [0.4, 0.5) is 11.4 Å². The third-order valence-electron chi connectivity index (χ3n) is 6.32. The number of rotatable bonds is 7. The first kappa shape index (κ1) is 22.8. The van der Waals surface area contributed by atoms with Gasteiger partial charge in [0, 0.05) is 34.0 Å². The Morgan fingerprint density at radius 3 is 2.38 bits per heavy atom. The summed E-state index contributed by atoms with van der Waals surface area (Å²) in [5.74, 6) is -2.37. The van der Waals surface area contributed by atoms with E-state index in [1.807, 2.05) is 0 Å². The van der Waals surface area contributed by atoms with E-state index in [0.29, 0.717) is 0 Å². The third kappa shape index (κ3) is 4.05. The van der Waals surface area contributed by atoms with Crippen molar-refractivity contribution in [3.8, 4) is 0 Å². The number of non-ortho nitro benzene ring substituents is 1. The molecule has 1 aromatic carbocycles. The van der Waals surface area contributed by atoms with Gasteiger partial charge in [0.1, 0.15) is 0 Å². The Kier molecular flexibility index (Phi) is 6.35. The molecule has 0 spiro atoms. The highest BCUT2D eigenvalue weighted by molar-refractivity contribution is 9.12. The van der Waals surface area contributed by atoms with Crippen LogP contribution in [0.2, 0.25) is 0 Å². The van der Waals surface area contributed by atoms with E-state index in [-0.39, 0.29) is 69.5 Å². The Morgan fingerprint density at radius 2 is 1.78 bits per heavy atom. The van der Waals surface area contributed by atoms with Gasteiger partial charge in [-0.15, -0.1) is 0 Å². The molecular formula is C20H19Br2N3O7. The highest BCUT2D eigenvalue weighted by Gasteiger charge is 2.66. The van der Waals surface area contributed by atoms with Gasteiger partial charge in [-0.1, -0.05) is 37.9 Å². The van der Waals surface area contributed by atoms with Gasteiger partial charge in [-0.25, -0.2) is 0 Å². The van der Waals surface area contributed by atoms with E-state index in [9.17, 15) is 29.3 Å². The van der Waals surface area contributed by atoms with E-state index in [1.54, 1.807) is 0 Å². The van der Waals surface area contributed by atoms with Crippen molar-refractivity contribution in [2.45, 2.75) is 22.5 Å². The lowest BCUT2D eigenvalue weighted by Gasteiger charge is -2.28. The lowest BCUT2D eigenvalue weighted by Crippen LogP contribution is -2.37. The summed E-state index contributed by atoms with van der Waals surface area (Å²) < 4.78 is 4.92. The Labute approximate surface area is 199 Å². The number of nitrogens with zero attached hydrogens (tertiary/aromatic N) is 2. The maximum absolute atomic E-state index is 12.8. The van der Waals surface area contributed by atoms with Gasteiger partial charge < -0.3 is 10.1 Å². The zero-order chi connectivity index (χ0) is 23.2. The van der Waals surface area contributed by atoms with Gasteiger partial charge in [-0.2, -0.15) is 0 Å². The summed E-state index contributed by atoms with van der Waals surface area (Å²) in [4.78, 5) is 61.2. The number of halogens is 2. The second-order valence-electron chi connectivity index (χ2n) is 8.10. The number of esters is 1. The van der Waals surface area contributed by atoms with Crippen LogP contribution in [0.25, 0.3) is 0 Å². The van der Waals surface area contributed by atoms with Crippen molar-refractivity contribution in [3.05, 3.63) is 34.4 Å². The number of amides is 3. The monoisotopic (exact) mass is 571 g/mol. The van der Waals surface area contributed by atoms with Gasteiger partial charge in [0.05, 0.1) is 23.2 Å². The quantitative estimate of drug-likeness (QED) is 0.174. The molecule has 2 saturated carbocycles. The maximum atomic E-state index is 12.8. The molecule has 32 heavy (non-hydrogen) atoms. The fourth-order valence-corrected chi connectivity index (χ4v) is 6.82. The average molecular weight is 573 g/mol. The summed E-state index contributed by atoms with van der Waals surface area (Å²) in [5, 5.41) is 13.2. The Morgan fingerprint density at radius 1 is 1.16 bits per heavy atom. The molecule has 3 fully saturated rings. The topological polar surface area (TPSA) is 136 Å². The number of nitro groups is 1. The van der Waals surface area contributed by atoms with Gasteiger partial charge in [0.2, 0.25) is 11.8 Å². The van der Waals surface area contributed by atoms with Crippen LogP contribution in [0.5, 0.6) is 0 Å². The van der Waals surface area contributed by atoms with Gasteiger partial charge in [-0.05, 0) is 24.3 Å². The number of anilines is 1. The molecule has 0 radical (unpaired) electrons. The number of benzene rings is 1. The lowest BCUT2D eigenvalue weighted by atomic mass is 9.81. The first-order valence-corrected chi connectivity index (χ1v) is 11.9. The first-order valence-electron chi connectivity index (χ1n) is 10.0. The molecule has 6 atom stereocenters. The molecule has 1 N–H and O–H groups in total. The second kappa shape index (κ2) is 8.89. The van der Waals surface area contributed by atoms with Crippen LogP contribution in [0.1, 0.15) is 12.8 Å². The molecule has 3 aliphatic rings. The van der Waals surface area contributed by atoms with Crippen LogP contribution in [0.15, 0.2) is 24.3 Å². The van der Waals surface area contributed by atoms with Crippen molar-refractivity contribution in [3.63, 3.8) is 0 Å². The molecule has 10 nitrogen and oxygen atoms in total. The smallest absolute Gasteiger partial charge is 0.308 e. The number of carbonyl (C=O) groups excluding carboxylic acids is 4. The zero-order valence-corrected chi connectivity index (χ0v) is 19.8. The second-order valence-corrected chi connectivity index (χ2v) is 10.2. The summed E-state index contributed by atoms with van der Waals surface area (Å²) in [7, 11) is 0. The summed E-state index contributed by atoms with van der Waals surface area (Å²) in [6, 6.07) is 5.35. The number of alkyl halides is 2. The van der Waals surface area contributed by atoms with Crippen LogP contribution in [-0.2, 0) is 23.9 Å². The average Bonchev–Trinajstić information content (AvgIpc) is 3.36. The lowest BCUT2D eigenvalue weighted by molar-refractivity contribution is -0.384. The molecule has 1 saturated heterocycles. The molecule has 1 aliphatic heterocycles. The minimum absolute atomic E-state index is 0.0880. The van der Waals surface area contributed by atoms with Crippen molar-refractivity contribution in [1.82, 2.24) is 4.90 Å². The predicted octanol–water partition coefficient (Wildman–Crippen LogP) is 2.24. The van der Waals surface area contributed by atoms with Gasteiger partial charge >= 0.3 is 5.97 Å². The largest absolute Gasteiger partial charge is 0.456 e. The SMILES string of the molecule is O=C(COC(=O)CCN1C(=O)[C@@H]2[C@H]3C[C@@H]([C@H](Br)[C@H]3Br)[C@H]2C1=O)Nc1cccc([N+](=O)[O-])c1. The van der Waals surface area contributed by atoms with Crippen molar-refractivity contribution in [2.75, 3.05) is 18.5 Å². The summed E-state index contributed by atoms with van der Waals surface area (Å²) in [5.41, 5.74) is 0.0141. The summed E-state index contributed by atoms with van der Waals surface area (Å²) in [6.45, 7) is -0.676. The number of fused-ring (bicyclic) bond motifs is 5. The molecule has 2 bridgehead atoms. The minimum Gasteiger partial charge on any atom is -0.456 e. The van der Waals surface area contributed by atoms with Crippen LogP contribution in [-0.4, -0.2) is 56.3 Å². The number of nitrogens with one attached hydrogen (secondary N) is 1. The maximum Gasteiger partial charge on any atom is 0.308 e. The molecule has 12 heteroatoms. The molecule has 4 rings (SSSR count). The van der Waals surface area contributed by atoms with Crippen LogP contribution < -0.4 is 5.32 Å². The Bertz CT molecular complexity index is 971. The number of ether oxygens (including phenoxy) is 1. The zero-order valence-electron chi connectivity index (χ0n) is 16.6. The third-order valence-corrected chi connectivity index (χ3v) is 9.53. The molecule has 1 aromatic rings. The first-order chi connectivity index (χ1) is 15.2. The van der Waals surface area contributed by atoms with Gasteiger partial charge in [0.25, 0.3) is 11.6 Å². The van der Waals surface area contributed by atoms with E-state index in [1.165, 1.54) is 24.3 Å². The Balaban J connectivity index is 1.25. The molecule has 3 amide bonds. The van der Waals surface area contributed by atoms with E-state index >= 15 is 0 Å². The Hall–Kier alpha value is -2.34. The number of hydrogen-bond donors (Lipinski definition) is 1. The fourth-order valence-electron chi connectivity index (χ4n) is 4.95. The summed E-state index contributed by atoms with van der Waals surface area (Å²) in [6.07, 6.45) is 0.611. The number of likely N-dealkylation sites (tertiary alicyclic amines) is 1. The van der Waals surface area contributed by atoms with E-state index < -0.39 is 23.4 Å². The minimum atomic E-state index is -0.725. The van der Waals surface area contributed by atoms with Crippen LogP contribution in [0.3, 0.4) is 0 Å². The highest BCUT2D eigenvalue weighted by atomic mass is 79.9. The number of hydrogen-bond acceptors (Lipinski definition) is 7. The molecule has 0 unspecified atom stereocenters. The van der Waals surface area contributed by atoms with Crippen molar-refractivity contribution < 1.29 is 28.8 Å². The van der Waals surface area contributed by atoms with Crippen LogP contribution in [0, 0.1) is 33.8 Å². The summed E-state index contributed by atoms with van der Waals surface area (Å²) >= 11 is 7.24. The van der Waals surface area contributed by atoms with E-state index in [0.717, 1.165) is 11.3 Å². The number of carbonyl (C=O) groups is 4. The van der Waals surface area contributed by atoms with E-state index in [4.69, 9.17) is 4.74 Å². The number of nitro benzene ring substituents is 1. The number of imide groups is 1.